The number of aliphatic hydroxyl groups excluding tert-OH is 1. The predicted octanol–water partition coefficient (Wildman–Crippen LogP) is 27.8. The van der Waals surface area contributed by atoms with Gasteiger partial charge in [0.15, 0.2) is 12.2 Å². The molecular formula is C90H176O17P2. The Morgan fingerprint density at radius 1 is 0.248 bits per heavy atom. The molecule has 0 saturated heterocycles. The summed E-state index contributed by atoms with van der Waals surface area (Å²) in [5, 5.41) is 10.7. The summed E-state index contributed by atoms with van der Waals surface area (Å²) in [6.07, 6.45) is 75.2. The van der Waals surface area contributed by atoms with Gasteiger partial charge >= 0.3 is 39.5 Å². The minimum atomic E-state index is -4.97. The third-order valence-corrected chi connectivity index (χ3v) is 23.1. The van der Waals surface area contributed by atoms with Crippen molar-refractivity contribution in [2.45, 2.75) is 503 Å². The number of carbonyl (C=O) groups is 4. The van der Waals surface area contributed by atoms with Crippen molar-refractivity contribution in [1.29, 1.82) is 0 Å². The Labute approximate surface area is 670 Å². The molecule has 0 heterocycles. The number of esters is 4. The van der Waals surface area contributed by atoms with Gasteiger partial charge in [0.1, 0.15) is 19.3 Å². The Balaban J connectivity index is 5.19. The quantitative estimate of drug-likeness (QED) is 0.0222. The highest BCUT2D eigenvalue weighted by molar-refractivity contribution is 7.47. The van der Waals surface area contributed by atoms with Crippen LogP contribution in [0.2, 0.25) is 0 Å². The van der Waals surface area contributed by atoms with Crippen molar-refractivity contribution < 1.29 is 80.2 Å². The standard InChI is InChI=1S/C90H176O17P2/c1-7-9-11-13-15-17-18-19-20-21-22-23-24-25-30-33-39-44-50-56-62-68-74-90(95)107-86(79-101-88(93)73-67-61-55-49-43-38-32-29-27-26-28-31-36-41-47-52-58-64-70-82(3)4)81-105-109(98,99)103-77-84(91)76-102-108(96,97)104-80-85(78-100-87(92)72-66-60-54-46-16-14-12-10-8-2)106-89(94)75-69-63-57-51-45-40-35-34-37-42-48-53-59-65-71-83(5)6/h82-86,91H,7-81H2,1-6H3,(H,96,97)(H,98,99)/t84-,85+,86+/m0/s1. The van der Waals surface area contributed by atoms with Gasteiger partial charge in [-0.1, -0.05) is 433 Å². The van der Waals surface area contributed by atoms with Crippen molar-refractivity contribution in [2.75, 3.05) is 39.6 Å². The molecule has 0 fully saturated rings. The molecule has 648 valence electrons. The highest BCUT2D eigenvalue weighted by Gasteiger charge is 2.31. The van der Waals surface area contributed by atoms with E-state index in [1.807, 2.05) is 0 Å². The summed E-state index contributed by atoms with van der Waals surface area (Å²) in [7, 11) is -9.93. The van der Waals surface area contributed by atoms with Crippen molar-refractivity contribution in [3.05, 3.63) is 0 Å². The van der Waals surface area contributed by atoms with Crippen LogP contribution in [0.3, 0.4) is 0 Å². The summed E-state index contributed by atoms with van der Waals surface area (Å²) < 4.78 is 69.0. The molecule has 0 rings (SSSR count). The Morgan fingerprint density at radius 2 is 0.422 bits per heavy atom. The maximum absolute atomic E-state index is 13.2. The lowest BCUT2D eigenvalue weighted by atomic mass is 10.0. The van der Waals surface area contributed by atoms with Crippen LogP contribution in [0.25, 0.3) is 0 Å². The summed E-state index contributed by atoms with van der Waals surface area (Å²) in [6.45, 7) is 9.73. The zero-order valence-corrected chi connectivity index (χ0v) is 73.7. The predicted molar refractivity (Wildman–Crippen MR) is 451 cm³/mol. The first-order valence-electron chi connectivity index (χ1n) is 46.5. The maximum atomic E-state index is 13.2. The molecule has 0 spiro atoms. The molecular weight excluding hydrogens is 1410 g/mol. The molecule has 0 amide bonds. The second-order valence-electron chi connectivity index (χ2n) is 33.3. The van der Waals surface area contributed by atoms with Crippen molar-refractivity contribution in [2.24, 2.45) is 11.8 Å². The van der Waals surface area contributed by atoms with Gasteiger partial charge < -0.3 is 33.8 Å². The largest absolute Gasteiger partial charge is 0.472 e. The molecule has 0 aromatic heterocycles. The number of phosphoric acid groups is 2. The Kier molecular flexibility index (Phi) is 79.8. The van der Waals surface area contributed by atoms with E-state index < -0.39 is 97.5 Å². The van der Waals surface area contributed by atoms with Gasteiger partial charge in [0, 0.05) is 25.7 Å². The van der Waals surface area contributed by atoms with E-state index in [-0.39, 0.29) is 25.7 Å². The molecule has 0 aromatic carbocycles. The number of carbonyl (C=O) groups excluding carboxylic acids is 4. The average Bonchev–Trinajstić information content (AvgIpc) is 0.899. The minimum Gasteiger partial charge on any atom is -0.462 e. The van der Waals surface area contributed by atoms with Crippen LogP contribution in [0, 0.1) is 11.8 Å². The van der Waals surface area contributed by atoms with Gasteiger partial charge in [-0.15, -0.1) is 0 Å². The molecule has 109 heavy (non-hydrogen) atoms. The van der Waals surface area contributed by atoms with Gasteiger partial charge in [-0.2, -0.15) is 0 Å². The first kappa shape index (κ1) is 107. The topological polar surface area (TPSA) is 237 Å². The second-order valence-corrected chi connectivity index (χ2v) is 36.2. The summed E-state index contributed by atoms with van der Waals surface area (Å²) in [4.78, 5) is 73.3. The minimum absolute atomic E-state index is 0.108. The van der Waals surface area contributed by atoms with Crippen LogP contribution in [0.15, 0.2) is 0 Å². The van der Waals surface area contributed by atoms with Crippen LogP contribution >= 0.6 is 15.6 Å². The number of ether oxygens (including phenoxy) is 4. The third-order valence-electron chi connectivity index (χ3n) is 21.2. The normalized spacial score (nSPS) is 13.8. The number of unbranched alkanes of at least 4 members (excludes halogenated alkanes) is 59. The van der Waals surface area contributed by atoms with Crippen LogP contribution in [-0.2, 0) is 65.4 Å². The Morgan fingerprint density at radius 3 is 0.624 bits per heavy atom. The molecule has 17 nitrogen and oxygen atoms in total. The molecule has 0 radical (unpaired) electrons. The number of rotatable bonds is 89. The van der Waals surface area contributed by atoms with E-state index in [2.05, 4.69) is 41.5 Å². The maximum Gasteiger partial charge on any atom is 0.472 e. The zero-order chi connectivity index (χ0) is 79.9. The van der Waals surface area contributed by atoms with Gasteiger partial charge in [-0.05, 0) is 37.5 Å². The molecule has 19 heteroatoms. The second kappa shape index (κ2) is 81.2. The summed E-state index contributed by atoms with van der Waals surface area (Å²) in [5.41, 5.74) is 0. The highest BCUT2D eigenvalue weighted by Crippen LogP contribution is 2.45. The lowest BCUT2D eigenvalue weighted by Crippen LogP contribution is -2.30. The monoisotopic (exact) mass is 1590 g/mol. The number of hydrogen-bond donors (Lipinski definition) is 3. The summed E-state index contributed by atoms with van der Waals surface area (Å²) in [5.74, 6) is -0.481. The number of hydrogen-bond acceptors (Lipinski definition) is 15. The zero-order valence-electron chi connectivity index (χ0n) is 71.9. The van der Waals surface area contributed by atoms with Crippen LogP contribution in [0.5, 0.6) is 0 Å². The summed E-state index contributed by atoms with van der Waals surface area (Å²) in [6, 6.07) is 0. The van der Waals surface area contributed by atoms with Crippen molar-refractivity contribution >= 4 is 39.5 Å². The van der Waals surface area contributed by atoms with E-state index in [4.69, 9.17) is 37.0 Å². The van der Waals surface area contributed by atoms with Crippen LogP contribution in [0.1, 0.15) is 485 Å². The summed E-state index contributed by atoms with van der Waals surface area (Å²) >= 11 is 0. The van der Waals surface area contributed by atoms with E-state index in [9.17, 15) is 43.2 Å². The van der Waals surface area contributed by atoms with E-state index in [0.29, 0.717) is 25.7 Å². The van der Waals surface area contributed by atoms with Gasteiger partial charge in [-0.3, -0.25) is 37.3 Å². The lowest BCUT2D eigenvalue weighted by molar-refractivity contribution is -0.161. The van der Waals surface area contributed by atoms with Crippen LogP contribution in [0.4, 0.5) is 0 Å². The SMILES string of the molecule is CCCCCCCCCCCCCCCCCCCCCCCCC(=O)O[C@H](COC(=O)CCCCCCCCCCCCCCCCCCCCC(C)C)COP(=O)(O)OC[C@@H](O)COP(=O)(O)OC[C@@H](COC(=O)CCCCCCCCCCC)OC(=O)CCCCCCCCCCCCCCCCC(C)C. The third kappa shape index (κ3) is 83.8. The number of aliphatic hydroxyl groups is 1. The van der Waals surface area contributed by atoms with Crippen LogP contribution < -0.4 is 0 Å². The fourth-order valence-electron chi connectivity index (χ4n) is 14.1. The van der Waals surface area contributed by atoms with E-state index in [1.165, 1.54) is 302 Å². The van der Waals surface area contributed by atoms with Crippen molar-refractivity contribution in [3.63, 3.8) is 0 Å². The van der Waals surface area contributed by atoms with E-state index >= 15 is 0 Å². The molecule has 0 aliphatic rings. The van der Waals surface area contributed by atoms with E-state index in [0.717, 1.165) is 102 Å². The number of phosphoric ester groups is 2. The fourth-order valence-corrected chi connectivity index (χ4v) is 15.7. The van der Waals surface area contributed by atoms with Gasteiger partial charge in [-0.25, -0.2) is 9.13 Å². The fraction of sp³-hybridized carbons (Fsp3) is 0.956. The first-order valence-corrected chi connectivity index (χ1v) is 49.5. The van der Waals surface area contributed by atoms with E-state index in [1.54, 1.807) is 0 Å². The van der Waals surface area contributed by atoms with Crippen LogP contribution in [-0.4, -0.2) is 96.7 Å². The molecule has 0 bridgehead atoms. The molecule has 3 N–H and O–H groups in total. The molecule has 0 saturated carbocycles. The average molecular weight is 1590 g/mol. The lowest BCUT2D eigenvalue weighted by Gasteiger charge is -2.21. The first-order chi connectivity index (χ1) is 52.9. The molecule has 2 unspecified atom stereocenters. The molecule has 0 aromatic rings. The molecule has 0 aliphatic heterocycles. The van der Waals surface area contributed by atoms with Crippen molar-refractivity contribution in [3.8, 4) is 0 Å². The molecule has 0 aliphatic carbocycles. The van der Waals surface area contributed by atoms with Gasteiger partial charge in [0.25, 0.3) is 0 Å². The van der Waals surface area contributed by atoms with Gasteiger partial charge in [0.2, 0.25) is 0 Å². The Hall–Kier alpha value is -1.94. The van der Waals surface area contributed by atoms with Gasteiger partial charge in [0.05, 0.1) is 26.4 Å². The smallest absolute Gasteiger partial charge is 0.462 e. The highest BCUT2D eigenvalue weighted by atomic mass is 31.2. The molecule has 5 atom stereocenters. The Bertz CT molecular complexity index is 2080. The van der Waals surface area contributed by atoms with Crippen molar-refractivity contribution in [1.82, 2.24) is 0 Å².